The van der Waals surface area contributed by atoms with Gasteiger partial charge in [-0.1, -0.05) is 27.2 Å². The molecule has 1 N–H and O–H groups in total. The zero-order valence-corrected chi connectivity index (χ0v) is 11.9. The van der Waals surface area contributed by atoms with E-state index in [-0.39, 0.29) is 17.9 Å². The summed E-state index contributed by atoms with van der Waals surface area (Å²) in [5.74, 6) is -0.745. The summed E-state index contributed by atoms with van der Waals surface area (Å²) in [5.41, 5.74) is -1.38. The highest BCUT2D eigenvalue weighted by atomic mass is 16.5. The predicted octanol–water partition coefficient (Wildman–Crippen LogP) is 2.14. The fourth-order valence-corrected chi connectivity index (χ4v) is 2.84. The summed E-state index contributed by atoms with van der Waals surface area (Å²) >= 11 is 0. The number of carbonyl (C=O) groups excluding carboxylic acids is 1. The molecule has 1 saturated heterocycles. The van der Waals surface area contributed by atoms with Gasteiger partial charge < -0.3 is 14.6 Å². The van der Waals surface area contributed by atoms with Crippen molar-refractivity contribution >= 4 is 5.97 Å². The van der Waals surface area contributed by atoms with Gasteiger partial charge in [0, 0.05) is 12.5 Å². The molecule has 1 aliphatic heterocycles. The Morgan fingerprint density at radius 2 is 2.22 bits per heavy atom. The van der Waals surface area contributed by atoms with E-state index in [0.29, 0.717) is 13.0 Å². The third-order valence-electron chi connectivity index (χ3n) is 3.99. The number of aliphatic hydroxyl groups is 1. The van der Waals surface area contributed by atoms with Gasteiger partial charge in [-0.3, -0.25) is 0 Å². The molecule has 0 spiro atoms. The van der Waals surface area contributed by atoms with Gasteiger partial charge in [0.05, 0.1) is 13.2 Å². The van der Waals surface area contributed by atoms with Crippen molar-refractivity contribution in [1.82, 2.24) is 0 Å². The lowest BCUT2D eigenvalue weighted by Gasteiger charge is -2.41. The first-order valence-electron chi connectivity index (χ1n) is 6.89. The van der Waals surface area contributed by atoms with Crippen LogP contribution < -0.4 is 0 Å². The van der Waals surface area contributed by atoms with Gasteiger partial charge >= 0.3 is 5.97 Å². The fourth-order valence-electron chi connectivity index (χ4n) is 2.84. The maximum absolute atomic E-state index is 11.9. The number of carbonyl (C=O) groups is 1. The van der Waals surface area contributed by atoms with Gasteiger partial charge in [-0.2, -0.15) is 0 Å². The average Bonchev–Trinajstić information content (AvgIpc) is 2.37. The number of hydrogen-bond acceptors (Lipinski definition) is 4. The van der Waals surface area contributed by atoms with Crippen molar-refractivity contribution in [2.24, 2.45) is 11.8 Å². The van der Waals surface area contributed by atoms with Crippen LogP contribution in [0.25, 0.3) is 0 Å². The van der Waals surface area contributed by atoms with E-state index in [4.69, 9.17) is 9.47 Å². The molecule has 0 bridgehead atoms. The number of methoxy groups -OCH3 is 1. The summed E-state index contributed by atoms with van der Waals surface area (Å²) in [6.07, 6.45) is 3.63. The first kappa shape index (κ1) is 15.4. The Hall–Kier alpha value is -0.610. The number of rotatable bonds is 5. The Morgan fingerprint density at radius 3 is 2.72 bits per heavy atom. The van der Waals surface area contributed by atoms with Crippen LogP contribution in [0.4, 0.5) is 0 Å². The molecule has 4 heteroatoms. The van der Waals surface area contributed by atoms with Crippen LogP contribution >= 0.6 is 0 Å². The van der Waals surface area contributed by atoms with E-state index < -0.39 is 11.6 Å². The lowest BCUT2D eigenvalue weighted by Crippen LogP contribution is -2.53. The molecular weight excluding hydrogens is 232 g/mol. The minimum atomic E-state index is -1.38. The number of ether oxygens (including phenoxy) is 2. The highest BCUT2D eigenvalue weighted by molar-refractivity contribution is 5.80. The molecular formula is C14H26O4. The van der Waals surface area contributed by atoms with Gasteiger partial charge in [0.2, 0.25) is 0 Å². The summed E-state index contributed by atoms with van der Waals surface area (Å²) in [6, 6.07) is 0. The third-order valence-corrected chi connectivity index (χ3v) is 3.99. The Labute approximate surface area is 110 Å². The molecule has 0 amide bonds. The normalized spacial score (nSPS) is 27.9. The van der Waals surface area contributed by atoms with Crippen molar-refractivity contribution in [3.63, 3.8) is 0 Å². The Balaban J connectivity index is 2.82. The second kappa shape index (κ2) is 6.53. The molecule has 1 fully saturated rings. The molecule has 0 aliphatic carbocycles. The van der Waals surface area contributed by atoms with E-state index in [1.54, 1.807) is 0 Å². The molecule has 3 atom stereocenters. The third kappa shape index (κ3) is 3.04. The predicted molar refractivity (Wildman–Crippen MR) is 69.2 cm³/mol. The van der Waals surface area contributed by atoms with E-state index >= 15 is 0 Å². The molecule has 3 unspecified atom stereocenters. The fraction of sp³-hybridized carbons (Fsp3) is 0.929. The van der Waals surface area contributed by atoms with Gasteiger partial charge in [0.1, 0.15) is 0 Å². The maximum atomic E-state index is 11.9. The highest BCUT2D eigenvalue weighted by Gasteiger charge is 2.49. The molecule has 106 valence electrons. The molecule has 1 rings (SSSR count). The van der Waals surface area contributed by atoms with E-state index in [1.165, 1.54) is 7.11 Å². The molecule has 0 aromatic carbocycles. The van der Waals surface area contributed by atoms with Gasteiger partial charge in [-0.05, 0) is 25.2 Å². The minimum Gasteiger partial charge on any atom is -0.467 e. The molecule has 0 saturated carbocycles. The van der Waals surface area contributed by atoms with Crippen molar-refractivity contribution < 1.29 is 19.4 Å². The lowest BCUT2D eigenvalue weighted by molar-refractivity contribution is -0.183. The van der Waals surface area contributed by atoms with Crippen molar-refractivity contribution in [3.05, 3.63) is 0 Å². The largest absolute Gasteiger partial charge is 0.467 e. The van der Waals surface area contributed by atoms with Crippen molar-refractivity contribution in [3.8, 4) is 0 Å². The van der Waals surface area contributed by atoms with Gasteiger partial charge in [0.15, 0.2) is 5.60 Å². The van der Waals surface area contributed by atoms with E-state index in [9.17, 15) is 9.90 Å². The van der Waals surface area contributed by atoms with Gasteiger partial charge in [-0.25, -0.2) is 4.79 Å². The second-order valence-electron chi connectivity index (χ2n) is 5.47. The Kier molecular flexibility index (Phi) is 5.60. The van der Waals surface area contributed by atoms with Crippen LogP contribution in [-0.4, -0.2) is 36.5 Å². The molecule has 1 heterocycles. The summed E-state index contributed by atoms with van der Waals surface area (Å²) < 4.78 is 10.5. The van der Waals surface area contributed by atoms with Gasteiger partial charge in [0.25, 0.3) is 0 Å². The monoisotopic (exact) mass is 258 g/mol. The van der Waals surface area contributed by atoms with Gasteiger partial charge in [-0.15, -0.1) is 0 Å². The molecule has 0 radical (unpaired) electrons. The van der Waals surface area contributed by atoms with Crippen LogP contribution in [0.5, 0.6) is 0 Å². The zero-order valence-electron chi connectivity index (χ0n) is 11.9. The summed E-state index contributed by atoms with van der Waals surface area (Å²) in [6.45, 7) is 6.45. The first-order chi connectivity index (χ1) is 8.46. The summed E-state index contributed by atoms with van der Waals surface area (Å²) in [5, 5.41) is 10.7. The maximum Gasteiger partial charge on any atom is 0.338 e. The van der Waals surface area contributed by atoms with E-state index in [2.05, 4.69) is 6.92 Å². The molecule has 4 nitrogen and oxygen atoms in total. The topological polar surface area (TPSA) is 55.8 Å². The average molecular weight is 258 g/mol. The summed E-state index contributed by atoms with van der Waals surface area (Å²) in [7, 11) is 1.33. The first-order valence-corrected chi connectivity index (χ1v) is 6.89. The Morgan fingerprint density at radius 1 is 1.56 bits per heavy atom. The highest BCUT2D eigenvalue weighted by Crippen LogP contribution is 2.37. The van der Waals surface area contributed by atoms with Crippen LogP contribution in [0.15, 0.2) is 0 Å². The molecule has 1 aliphatic rings. The summed E-state index contributed by atoms with van der Waals surface area (Å²) in [4.78, 5) is 11.9. The van der Waals surface area contributed by atoms with Crippen LogP contribution in [0.3, 0.4) is 0 Å². The van der Waals surface area contributed by atoms with Crippen LogP contribution in [0, 0.1) is 11.8 Å². The molecule has 0 aromatic heterocycles. The lowest BCUT2D eigenvalue weighted by atomic mass is 9.73. The molecule has 18 heavy (non-hydrogen) atoms. The zero-order chi connectivity index (χ0) is 13.8. The smallest absolute Gasteiger partial charge is 0.338 e. The number of hydrogen-bond donors (Lipinski definition) is 1. The quantitative estimate of drug-likeness (QED) is 0.768. The van der Waals surface area contributed by atoms with Crippen molar-refractivity contribution in [2.45, 2.75) is 58.2 Å². The van der Waals surface area contributed by atoms with Crippen molar-refractivity contribution in [1.29, 1.82) is 0 Å². The van der Waals surface area contributed by atoms with Crippen molar-refractivity contribution in [2.75, 3.05) is 13.7 Å². The van der Waals surface area contributed by atoms with E-state index in [1.807, 2.05) is 13.8 Å². The van der Waals surface area contributed by atoms with Crippen LogP contribution in [-0.2, 0) is 14.3 Å². The number of esters is 1. The van der Waals surface area contributed by atoms with E-state index in [0.717, 1.165) is 19.3 Å². The molecule has 0 aromatic rings. The Bertz CT molecular complexity index is 275. The second-order valence-corrected chi connectivity index (χ2v) is 5.47. The van der Waals surface area contributed by atoms with Crippen LogP contribution in [0.1, 0.15) is 46.5 Å². The standard InChI is InChI=1S/C14H26O4/c1-5-6-12-9-11(7-8-18-12)14(16,10(2)3)13(15)17-4/h10-12,16H,5-9H2,1-4H3. The SMILES string of the molecule is CCCC1CC(C(O)(C(=O)OC)C(C)C)CCO1. The van der Waals surface area contributed by atoms with Crippen LogP contribution in [0.2, 0.25) is 0 Å². The minimum absolute atomic E-state index is 0.0738.